The van der Waals surface area contributed by atoms with Crippen LogP contribution in [0, 0.1) is 11.3 Å². The van der Waals surface area contributed by atoms with Crippen LogP contribution in [0.3, 0.4) is 0 Å². The number of ether oxygens (including phenoxy) is 3. The van der Waals surface area contributed by atoms with E-state index in [9.17, 15) is 13.6 Å². The molecule has 1 aromatic rings. The fourth-order valence-electron chi connectivity index (χ4n) is 1.51. The van der Waals surface area contributed by atoms with E-state index < -0.39 is 12.6 Å². The third-order valence-corrected chi connectivity index (χ3v) is 2.25. The molecule has 0 bridgehead atoms. The Bertz CT molecular complexity index is 511. The van der Waals surface area contributed by atoms with Crippen molar-refractivity contribution in [2.75, 3.05) is 14.2 Å². The third-order valence-electron chi connectivity index (χ3n) is 2.25. The number of alkyl halides is 2. The Morgan fingerprint density at radius 3 is 2.58 bits per heavy atom. The van der Waals surface area contributed by atoms with E-state index in [1.165, 1.54) is 20.3 Å². The fraction of sp³-hybridized carbons (Fsp3) is 0.333. The Morgan fingerprint density at radius 2 is 2.11 bits per heavy atom. The van der Waals surface area contributed by atoms with E-state index in [-0.39, 0.29) is 29.0 Å². The number of rotatable bonds is 5. The zero-order chi connectivity index (χ0) is 14.4. The van der Waals surface area contributed by atoms with E-state index in [4.69, 9.17) is 10.00 Å². The first-order chi connectivity index (χ1) is 9.01. The van der Waals surface area contributed by atoms with E-state index in [0.717, 1.165) is 6.07 Å². The van der Waals surface area contributed by atoms with E-state index in [1.807, 2.05) is 0 Å². The van der Waals surface area contributed by atoms with Gasteiger partial charge < -0.3 is 14.2 Å². The average molecular weight is 271 g/mol. The van der Waals surface area contributed by atoms with Gasteiger partial charge in [-0.3, -0.25) is 4.79 Å². The van der Waals surface area contributed by atoms with E-state index in [0.29, 0.717) is 0 Å². The summed E-state index contributed by atoms with van der Waals surface area (Å²) in [5, 5.41) is 8.93. The number of benzene rings is 1. The first-order valence-electron chi connectivity index (χ1n) is 5.14. The lowest BCUT2D eigenvalue weighted by molar-refractivity contribution is -0.139. The standard InChI is InChI=1S/C12H11F2NO4/c1-17-10(16)5-7-3-9(19-12(13)14)4-8(6-15)11(7)18-2/h3-4,12H,5H2,1-2H3. The molecule has 0 fully saturated rings. The molecule has 0 spiro atoms. The van der Waals surface area contributed by atoms with Gasteiger partial charge in [-0.1, -0.05) is 0 Å². The molecular weight excluding hydrogens is 260 g/mol. The summed E-state index contributed by atoms with van der Waals surface area (Å²) in [5.74, 6) is -0.669. The van der Waals surface area contributed by atoms with Crippen LogP contribution in [-0.2, 0) is 16.0 Å². The van der Waals surface area contributed by atoms with Gasteiger partial charge in [-0.05, 0) is 6.07 Å². The van der Waals surface area contributed by atoms with Gasteiger partial charge in [-0.2, -0.15) is 14.0 Å². The maximum atomic E-state index is 12.2. The summed E-state index contributed by atoms with van der Waals surface area (Å²) in [7, 11) is 2.50. The predicted octanol–water partition coefficient (Wildman–Crippen LogP) is 1.88. The SMILES string of the molecule is COC(=O)Cc1cc(OC(F)F)cc(C#N)c1OC. The third kappa shape index (κ3) is 3.81. The minimum absolute atomic E-state index is 0.000414. The van der Waals surface area contributed by atoms with E-state index in [1.54, 1.807) is 6.07 Å². The highest BCUT2D eigenvalue weighted by molar-refractivity contribution is 5.74. The van der Waals surface area contributed by atoms with Crippen molar-refractivity contribution in [2.24, 2.45) is 0 Å². The molecule has 0 heterocycles. The molecule has 0 atom stereocenters. The normalized spacial score (nSPS) is 9.89. The van der Waals surface area contributed by atoms with Crippen LogP contribution in [0.2, 0.25) is 0 Å². The molecule has 0 radical (unpaired) electrons. The van der Waals surface area contributed by atoms with Crippen molar-refractivity contribution >= 4 is 5.97 Å². The molecule has 19 heavy (non-hydrogen) atoms. The Morgan fingerprint density at radius 1 is 1.42 bits per heavy atom. The van der Waals surface area contributed by atoms with Gasteiger partial charge >= 0.3 is 12.6 Å². The summed E-state index contributed by atoms with van der Waals surface area (Å²) in [6.07, 6.45) is -0.214. The van der Waals surface area contributed by atoms with Crippen molar-refractivity contribution < 1.29 is 27.8 Å². The van der Waals surface area contributed by atoms with Gasteiger partial charge in [0, 0.05) is 11.6 Å². The molecule has 1 rings (SSSR count). The lowest BCUT2D eigenvalue weighted by Crippen LogP contribution is -2.08. The fourth-order valence-corrected chi connectivity index (χ4v) is 1.51. The lowest BCUT2D eigenvalue weighted by atomic mass is 10.1. The number of hydrogen-bond donors (Lipinski definition) is 0. The van der Waals surface area contributed by atoms with E-state index in [2.05, 4.69) is 9.47 Å². The maximum Gasteiger partial charge on any atom is 0.387 e. The zero-order valence-corrected chi connectivity index (χ0v) is 10.3. The van der Waals surface area contributed by atoms with Gasteiger partial charge in [0.05, 0.1) is 26.2 Å². The summed E-state index contributed by atoms with van der Waals surface area (Å²) < 4.78 is 38.0. The van der Waals surface area contributed by atoms with Crippen molar-refractivity contribution in [3.05, 3.63) is 23.3 Å². The average Bonchev–Trinajstić information content (AvgIpc) is 2.37. The second-order valence-electron chi connectivity index (χ2n) is 3.41. The van der Waals surface area contributed by atoms with Crippen LogP contribution in [-0.4, -0.2) is 26.8 Å². The van der Waals surface area contributed by atoms with Crippen LogP contribution in [0.5, 0.6) is 11.5 Å². The van der Waals surface area contributed by atoms with E-state index >= 15 is 0 Å². The first-order valence-corrected chi connectivity index (χ1v) is 5.14. The van der Waals surface area contributed by atoms with Gasteiger partial charge in [0.2, 0.25) is 0 Å². The molecule has 102 valence electrons. The molecule has 5 nitrogen and oxygen atoms in total. The number of carbonyl (C=O) groups is 1. The molecule has 0 N–H and O–H groups in total. The number of esters is 1. The van der Waals surface area contributed by atoms with Crippen LogP contribution in [0.15, 0.2) is 12.1 Å². The minimum atomic E-state index is -3.02. The van der Waals surface area contributed by atoms with Crippen LogP contribution in [0.4, 0.5) is 8.78 Å². The van der Waals surface area contributed by atoms with Crippen molar-refractivity contribution in [1.29, 1.82) is 5.26 Å². The van der Waals surface area contributed by atoms with Crippen LogP contribution in [0.1, 0.15) is 11.1 Å². The molecule has 1 aromatic carbocycles. The van der Waals surface area contributed by atoms with Crippen LogP contribution >= 0.6 is 0 Å². The number of nitrogens with zero attached hydrogens (tertiary/aromatic N) is 1. The Labute approximate surface area is 108 Å². The summed E-state index contributed by atoms with van der Waals surface area (Å²) in [4.78, 5) is 11.2. The highest BCUT2D eigenvalue weighted by Crippen LogP contribution is 2.30. The molecule has 0 aliphatic rings. The molecule has 0 saturated carbocycles. The van der Waals surface area contributed by atoms with Crippen molar-refractivity contribution in [1.82, 2.24) is 0 Å². The quantitative estimate of drug-likeness (QED) is 0.765. The Hall–Kier alpha value is -2.36. The molecule has 0 amide bonds. The number of methoxy groups -OCH3 is 2. The summed E-state index contributed by atoms with van der Waals surface area (Å²) in [6.45, 7) is -3.02. The van der Waals surface area contributed by atoms with Gasteiger partial charge in [0.15, 0.2) is 0 Å². The smallest absolute Gasteiger partial charge is 0.387 e. The molecule has 7 heteroatoms. The number of nitriles is 1. The topological polar surface area (TPSA) is 68.5 Å². The van der Waals surface area contributed by atoms with Gasteiger partial charge in [-0.15, -0.1) is 0 Å². The highest BCUT2D eigenvalue weighted by atomic mass is 19.3. The molecule has 0 aromatic heterocycles. The monoisotopic (exact) mass is 271 g/mol. The lowest BCUT2D eigenvalue weighted by Gasteiger charge is -2.12. The van der Waals surface area contributed by atoms with Crippen molar-refractivity contribution in [3.63, 3.8) is 0 Å². The summed E-state index contributed by atoms with van der Waals surface area (Å²) in [6, 6.07) is 4.12. The maximum absolute atomic E-state index is 12.2. The zero-order valence-electron chi connectivity index (χ0n) is 10.3. The Kier molecular flexibility index (Phi) is 5.06. The minimum Gasteiger partial charge on any atom is -0.495 e. The van der Waals surface area contributed by atoms with Crippen LogP contribution in [0.25, 0.3) is 0 Å². The predicted molar refractivity (Wildman–Crippen MR) is 60.1 cm³/mol. The largest absolute Gasteiger partial charge is 0.495 e. The van der Waals surface area contributed by atoms with Gasteiger partial charge in [-0.25, -0.2) is 0 Å². The molecular formula is C12H11F2NO4. The number of halogens is 2. The van der Waals surface area contributed by atoms with Crippen LogP contribution < -0.4 is 9.47 Å². The summed E-state index contributed by atoms with van der Waals surface area (Å²) >= 11 is 0. The van der Waals surface area contributed by atoms with Crippen molar-refractivity contribution in [2.45, 2.75) is 13.0 Å². The second-order valence-corrected chi connectivity index (χ2v) is 3.41. The van der Waals surface area contributed by atoms with Gasteiger partial charge in [0.25, 0.3) is 0 Å². The first kappa shape index (κ1) is 14.7. The van der Waals surface area contributed by atoms with Crippen molar-refractivity contribution in [3.8, 4) is 17.6 Å². The molecule has 0 unspecified atom stereocenters. The van der Waals surface area contributed by atoms with Gasteiger partial charge in [0.1, 0.15) is 17.6 Å². The molecule has 0 aliphatic carbocycles. The number of hydrogen-bond acceptors (Lipinski definition) is 5. The molecule has 0 aliphatic heterocycles. The Balaban J connectivity index is 3.24. The molecule has 0 saturated heterocycles. The second kappa shape index (κ2) is 6.54. The highest BCUT2D eigenvalue weighted by Gasteiger charge is 2.17. The number of carbonyl (C=O) groups excluding carboxylic acids is 1. The summed E-state index contributed by atoms with van der Waals surface area (Å²) in [5.41, 5.74) is 0.239.